The summed E-state index contributed by atoms with van der Waals surface area (Å²) >= 11 is 0. The zero-order valence-corrected chi connectivity index (χ0v) is 10.7. The summed E-state index contributed by atoms with van der Waals surface area (Å²) in [6.07, 6.45) is 1.03. The third-order valence-electron chi connectivity index (χ3n) is 2.89. The highest BCUT2D eigenvalue weighted by Gasteiger charge is 2.09. The summed E-state index contributed by atoms with van der Waals surface area (Å²) in [4.78, 5) is 11.0. The number of benzene rings is 2. The maximum atomic E-state index is 13.3. The van der Waals surface area contributed by atoms with Crippen molar-refractivity contribution in [3.05, 3.63) is 76.9 Å². The highest BCUT2D eigenvalue weighted by Crippen LogP contribution is 2.25. The van der Waals surface area contributed by atoms with Gasteiger partial charge in [-0.3, -0.25) is 0 Å². The van der Waals surface area contributed by atoms with E-state index in [1.165, 1.54) is 36.4 Å². The van der Waals surface area contributed by atoms with Crippen LogP contribution in [0.2, 0.25) is 0 Å². The van der Waals surface area contributed by atoms with Crippen molar-refractivity contribution in [3.63, 3.8) is 0 Å². The minimum atomic E-state index is -1.12. The first-order chi connectivity index (χ1) is 9.47. The van der Waals surface area contributed by atoms with Gasteiger partial charge in [-0.15, -0.1) is 0 Å². The number of rotatable bonds is 3. The second-order valence-corrected chi connectivity index (χ2v) is 4.37. The molecule has 0 saturated carbocycles. The Kier molecular flexibility index (Phi) is 3.94. The lowest BCUT2D eigenvalue weighted by molar-refractivity contribution is -0.131. The lowest BCUT2D eigenvalue weighted by atomic mass is 9.96. The minimum Gasteiger partial charge on any atom is -0.478 e. The van der Waals surface area contributed by atoms with Gasteiger partial charge in [-0.05, 0) is 53.5 Å². The van der Waals surface area contributed by atoms with Crippen LogP contribution in [0.25, 0.3) is 5.57 Å². The molecular formula is C16H12F2O2. The van der Waals surface area contributed by atoms with Crippen molar-refractivity contribution in [3.8, 4) is 0 Å². The van der Waals surface area contributed by atoms with Crippen LogP contribution in [0.3, 0.4) is 0 Å². The number of hydrogen-bond donors (Lipinski definition) is 1. The van der Waals surface area contributed by atoms with Crippen molar-refractivity contribution in [1.29, 1.82) is 0 Å². The molecule has 1 N–H and O–H groups in total. The number of hydrogen-bond acceptors (Lipinski definition) is 1. The van der Waals surface area contributed by atoms with E-state index in [2.05, 4.69) is 0 Å². The van der Waals surface area contributed by atoms with Gasteiger partial charge in [0, 0.05) is 6.08 Å². The van der Waals surface area contributed by atoms with Crippen LogP contribution in [0.1, 0.15) is 16.7 Å². The summed E-state index contributed by atoms with van der Waals surface area (Å²) in [5, 5.41) is 8.96. The molecule has 4 heteroatoms. The van der Waals surface area contributed by atoms with Crippen molar-refractivity contribution in [2.24, 2.45) is 0 Å². The zero-order chi connectivity index (χ0) is 14.7. The predicted molar refractivity (Wildman–Crippen MR) is 72.3 cm³/mol. The summed E-state index contributed by atoms with van der Waals surface area (Å²) in [6, 6.07) is 9.83. The lowest BCUT2D eigenvalue weighted by Gasteiger charge is -2.09. The maximum absolute atomic E-state index is 13.3. The van der Waals surface area contributed by atoms with Gasteiger partial charge in [-0.1, -0.05) is 18.2 Å². The summed E-state index contributed by atoms with van der Waals surface area (Å²) < 4.78 is 26.2. The van der Waals surface area contributed by atoms with E-state index in [4.69, 9.17) is 5.11 Å². The predicted octanol–water partition coefficient (Wildman–Crippen LogP) is 3.79. The Bertz CT molecular complexity index is 673. The summed E-state index contributed by atoms with van der Waals surface area (Å²) in [7, 11) is 0. The monoisotopic (exact) mass is 274 g/mol. The highest BCUT2D eigenvalue weighted by atomic mass is 19.1. The fourth-order valence-corrected chi connectivity index (χ4v) is 1.90. The van der Waals surface area contributed by atoms with Gasteiger partial charge in [0.15, 0.2) is 0 Å². The molecule has 0 unspecified atom stereocenters. The Morgan fingerprint density at radius 1 is 1.05 bits per heavy atom. The quantitative estimate of drug-likeness (QED) is 0.865. The normalized spacial score (nSPS) is 11.4. The van der Waals surface area contributed by atoms with Crippen molar-refractivity contribution in [2.45, 2.75) is 6.92 Å². The van der Waals surface area contributed by atoms with Gasteiger partial charge in [0.05, 0.1) is 0 Å². The van der Waals surface area contributed by atoms with E-state index in [-0.39, 0.29) is 5.82 Å². The molecule has 2 aromatic rings. The van der Waals surface area contributed by atoms with Gasteiger partial charge in [0.25, 0.3) is 0 Å². The van der Waals surface area contributed by atoms with Crippen molar-refractivity contribution in [2.75, 3.05) is 0 Å². The molecule has 0 atom stereocenters. The lowest BCUT2D eigenvalue weighted by Crippen LogP contribution is -1.96. The Balaban J connectivity index is 2.56. The Morgan fingerprint density at radius 3 is 2.20 bits per heavy atom. The standard InChI is InChI=1S/C16H12F2O2/c1-10-8-12(4-7-15(10)18)14(9-16(19)20)11-2-5-13(17)6-3-11/h2-9H,1H3,(H,19,20)/b14-9+. The molecule has 0 aliphatic heterocycles. The van der Waals surface area contributed by atoms with Crippen LogP contribution in [0.4, 0.5) is 8.78 Å². The van der Waals surface area contributed by atoms with Gasteiger partial charge in [-0.25, -0.2) is 13.6 Å². The third kappa shape index (κ3) is 3.09. The first kappa shape index (κ1) is 13.9. The van der Waals surface area contributed by atoms with E-state index in [0.717, 1.165) is 6.08 Å². The average molecular weight is 274 g/mol. The van der Waals surface area contributed by atoms with Crippen LogP contribution in [-0.4, -0.2) is 11.1 Å². The first-order valence-electron chi connectivity index (χ1n) is 5.94. The van der Waals surface area contributed by atoms with E-state index < -0.39 is 11.8 Å². The molecule has 0 spiro atoms. The average Bonchev–Trinajstić information content (AvgIpc) is 2.40. The van der Waals surface area contributed by atoms with Gasteiger partial charge < -0.3 is 5.11 Å². The molecule has 2 rings (SSSR count). The molecule has 0 amide bonds. The number of aryl methyl sites for hydroxylation is 1. The number of carbonyl (C=O) groups is 1. The number of aliphatic carboxylic acids is 1. The van der Waals surface area contributed by atoms with E-state index in [0.29, 0.717) is 22.3 Å². The Morgan fingerprint density at radius 2 is 1.65 bits per heavy atom. The molecular weight excluding hydrogens is 262 g/mol. The molecule has 2 nitrogen and oxygen atoms in total. The molecule has 0 aliphatic rings. The van der Waals surface area contributed by atoms with Crippen molar-refractivity contribution in [1.82, 2.24) is 0 Å². The topological polar surface area (TPSA) is 37.3 Å². The van der Waals surface area contributed by atoms with Gasteiger partial charge in [0.2, 0.25) is 0 Å². The van der Waals surface area contributed by atoms with Crippen molar-refractivity contribution < 1.29 is 18.7 Å². The van der Waals surface area contributed by atoms with Crippen LogP contribution in [0.15, 0.2) is 48.5 Å². The second kappa shape index (κ2) is 5.65. The number of carboxylic acid groups (broad SMARTS) is 1. The van der Waals surface area contributed by atoms with E-state index in [1.807, 2.05) is 0 Å². The summed E-state index contributed by atoms with van der Waals surface area (Å²) in [5.41, 5.74) is 1.94. The number of halogens is 2. The van der Waals surface area contributed by atoms with Crippen LogP contribution >= 0.6 is 0 Å². The molecule has 0 fully saturated rings. The molecule has 20 heavy (non-hydrogen) atoms. The molecule has 0 bridgehead atoms. The highest BCUT2D eigenvalue weighted by molar-refractivity contribution is 5.95. The molecule has 0 aliphatic carbocycles. The minimum absolute atomic E-state index is 0.359. The summed E-state index contributed by atoms with van der Waals surface area (Å²) in [5.74, 6) is -1.88. The van der Waals surface area contributed by atoms with Crippen LogP contribution < -0.4 is 0 Å². The molecule has 0 aromatic heterocycles. The fourth-order valence-electron chi connectivity index (χ4n) is 1.90. The fraction of sp³-hybridized carbons (Fsp3) is 0.0625. The SMILES string of the molecule is Cc1cc(/C(=C/C(=O)O)c2ccc(F)cc2)ccc1F. The molecule has 0 heterocycles. The van der Waals surface area contributed by atoms with Crippen LogP contribution in [-0.2, 0) is 4.79 Å². The summed E-state index contributed by atoms with van der Waals surface area (Å²) in [6.45, 7) is 1.60. The van der Waals surface area contributed by atoms with Crippen LogP contribution in [0.5, 0.6) is 0 Å². The first-order valence-corrected chi connectivity index (χ1v) is 5.94. The molecule has 0 saturated heterocycles. The largest absolute Gasteiger partial charge is 0.478 e. The maximum Gasteiger partial charge on any atom is 0.328 e. The molecule has 102 valence electrons. The zero-order valence-electron chi connectivity index (χ0n) is 10.7. The molecule has 0 radical (unpaired) electrons. The van der Waals surface area contributed by atoms with E-state index >= 15 is 0 Å². The smallest absolute Gasteiger partial charge is 0.328 e. The Labute approximate surface area is 115 Å². The van der Waals surface area contributed by atoms with Gasteiger partial charge in [-0.2, -0.15) is 0 Å². The van der Waals surface area contributed by atoms with E-state index in [9.17, 15) is 13.6 Å². The Hall–Kier alpha value is -2.49. The van der Waals surface area contributed by atoms with Gasteiger partial charge in [0.1, 0.15) is 11.6 Å². The van der Waals surface area contributed by atoms with Gasteiger partial charge >= 0.3 is 5.97 Å². The second-order valence-electron chi connectivity index (χ2n) is 4.37. The number of carboxylic acids is 1. The van der Waals surface area contributed by atoms with Crippen LogP contribution in [0, 0.1) is 18.6 Å². The van der Waals surface area contributed by atoms with Crippen molar-refractivity contribution >= 4 is 11.5 Å². The third-order valence-corrected chi connectivity index (χ3v) is 2.89. The molecule has 2 aromatic carbocycles. The van der Waals surface area contributed by atoms with E-state index in [1.54, 1.807) is 13.0 Å².